The van der Waals surface area contributed by atoms with Crippen molar-refractivity contribution < 1.29 is 66.1 Å². The summed E-state index contributed by atoms with van der Waals surface area (Å²) in [6, 6.07) is 15.0. The zero-order valence-electron chi connectivity index (χ0n) is 19.5. The molecule has 0 bridgehead atoms. The zero-order chi connectivity index (χ0) is 28.1. The van der Waals surface area contributed by atoms with E-state index in [1.54, 1.807) is 60.7 Å². The minimum atomic E-state index is -5.40. The van der Waals surface area contributed by atoms with Gasteiger partial charge in [-0.05, 0) is 11.1 Å². The van der Waals surface area contributed by atoms with E-state index in [-0.39, 0.29) is 13.2 Å². The molecule has 2 aromatic rings. The molecular formula is C20H28NO14P3. The summed E-state index contributed by atoms with van der Waals surface area (Å²) < 4.78 is 61.5. The van der Waals surface area contributed by atoms with E-state index >= 15 is 0 Å². The topological polar surface area (TPSA) is 245 Å². The predicted octanol–water partition coefficient (Wildman–Crippen LogP) is 0.932. The Morgan fingerprint density at radius 3 is 1.24 bits per heavy atom. The molecule has 1 fully saturated rings. The van der Waals surface area contributed by atoms with E-state index in [9.17, 15) is 43.1 Å². The Balaban J connectivity index is 2.07. The van der Waals surface area contributed by atoms with Crippen LogP contribution >= 0.6 is 23.5 Å². The van der Waals surface area contributed by atoms with E-state index in [0.29, 0.717) is 11.1 Å². The van der Waals surface area contributed by atoms with Gasteiger partial charge in [-0.25, -0.2) is 13.7 Å². The quantitative estimate of drug-likeness (QED) is 0.168. The van der Waals surface area contributed by atoms with Crippen molar-refractivity contribution in [3.05, 3.63) is 71.8 Å². The number of ether oxygens (including phenoxy) is 2. The molecule has 0 heterocycles. The van der Waals surface area contributed by atoms with E-state index in [1.165, 1.54) is 0 Å². The molecule has 1 aliphatic carbocycles. The maximum atomic E-state index is 11.9. The Bertz CT molecular complexity index is 1170. The Morgan fingerprint density at radius 2 is 0.868 bits per heavy atom. The first-order valence-corrected chi connectivity index (χ1v) is 15.5. The van der Waals surface area contributed by atoms with Crippen molar-refractivity contribution in [3.63, 3.8) is 0 Å². The third kappa shape index (κ3) is 9.68. The zero-order valence-corrected chi connectivity index (χ0v) is 22.2. The molecule has 212 valence electrons. The molecule has 2 aromatic carbocycles. The second kappa shape index (κ2) is 12.9. The number of rotatable bonds is 12. The highest BCUT2D eigenvalue weighted by molar-refractivity contribution is 7.46. The van der Waals surface area contributed by atoms with Crippen molar-refractivity contribution in [2.24, 2.45) is 5.73 Å². The summed E-state index contributed by atoms with van der Waals surface area (Å²) in [7, 11) is -16.1. The Kier molecular flexibility index (Phi) is 10.6. The molecule has 0 aliphatic heterocycles. The van der Waals surface area contributed by atoms with Gasteiger partial charge < -0.3 is 44.6 Å². The fourth-order valence-electron chi connectivity index (χ4n) is 3.95. The summed E-state index contributed by atoms with van der Waals surface area (Å²) in [5.41, 5.74) is 7.24. The van der Waals surface area contributed by atoms with Gasteiger partial charge in [-0.2, -0.15) is 0 Å². The predicted molar refractivity (Wildman–Crippen MR) is 129 cm³/mol. The Morgan fingerprint density at radius 1 is 0.553 bits per heavy atom. The van der Waals surface area contributed by atoms with E-state index in [2.05, 4.69) is 0 Å². The van der Waals surface area contributed by atoms with Crippen molar-refractivity contribution in [3.8, 4) is 0 Å². The number of phosphoric acid groups is 3. The molecule has 0 amide bonds. The lowest BCUT2D eigenvalue weighted by Crippen LogP contribution is -2.68. The molecule has 38 heavy (non-hydrogen) atoms. The van der Waals surface area contributed by atoms with E-state index in [0.717, 1.165) is 0 Å². The summed E-state index contributed by atoms with van der Waals surface area (Å²) in [6.45, 7) is -0.435. The SMILES string of the molecule is N[C@@H]1[C@@H](OP(=O)(O)O)[C@H](OP(=O)(O)O)[C@@H](OCc2ccccc2)[C@@H](OCc2ccccc2)[C@H]1OP(=O)(O)O. The third-order valence-electron chi connectivity index (χ3n) is 5.40. The van der Waals surface area contributed by atoms with Gasteiger partial charge >= 0.3 is 23.5 Å². The minimum Gasteiger partial charge on any atom is -0.368 e. The van der Waals surface area contributed by atoms with Crippen molar-refractivity contribution >= 4 is 23.5 Å². The van der Waals surface area contributed by atoms with Crippen LogP contribution in [0.25, 0.3) is 0 Å². The highest BCUT2D eigenvalue weighted by Crippen LogP contribution is 2.50. The summed E-state index contributed by atoms with van der Waals surface area (Å²) in [5, 5.41) is 0. The van der Waals surface area contributed by atoms with Gasteiger partial charge in [0, 0.05) is 0 Å². The minimum absolute atomic E-state index is 0.197. The van der Waals surface area contributed by atoms with E-state index in [4.69, 9.17) is 28.8 Å². The number of hydrogen-bond acceptors (Lipinski definition) is 9. The highest BCUT2D eigenvalue weighted by Gasteiger charge is 2.57. The maximum absolute atomic E-state index is 11.9. The summed E-state index contributed by atoms with van der Waals surface area (Å²) in [6.07, 6.45) is -9.14. The smallest absolute Gasteiger partial charge is 0.368 e. The average molecular weight is 599 g/mol. The third-order valence-corrected chi connectivity index (χ3v) is 6.96. The van der Waals surface area contributed by atoms with Gasteiger partial charge in [0.2, 0.25) is 0 Å². The summed E-state index contributed by atoms with van der Waals surface area (Å²) in [5.74, 6) is 0. The first-order valence-electron chi connectivity index (χ1n) is 10.9. The largest absolute Gasteiger partial charge is 0.470 e. The standard InChI is InChI=1S/C20H28NO14P3/c21-15-16(33-36(22,23)24)18(31-11-13-7-3-1-4-8-13)19(32-12-14-9-5-2-6-10-14)20(35-38(28,29)30)17(15)34-37(25,26)27/h1-10,15-20H,11-12,21H2,(H2,22,23,24)(H2,25,26,27)(H2,28,29,30)/t15-,16-,17+,18-,19-,20-/m0/s1. The van der Waals surface area contributed by atoms with Crippen LogP contribution in [0.15, 0.2) is 60.7 Å². The molecule has 6 atom stereocenters. The molecule has 15 nitrogen and oxygen atoms in total. The van der Waals surface area contributed by atoms with Gasteiger partial charge in [0.05, 0.1) is 19.3 Å². The molecular weight excluding hydrogens is 571 g/mol. The normalized spacial score (nSPS) is 26.8. The van der Waals surface area contributed by atoms with Gasteiger partial charge in [-0.3, -0.25) is 13.6 Å². The van der Waals surface area contributed by atoms with Crippen LogP contribution in [0, 0.1) is 0 Å². The number of nitrogens with two attached hydrogens (primary N) is 1. The van der Waals surface area contributed by atoms with Gasteiger partial charge in [0.25, 0.3) is 0 Å². The number of hydrogen-bond donors (Lipinski definition) is 7. The van der Waals surface area contributed by atoms with Crippen molar-refractivity contribution in [1.29, 1.82) is 0 Å². The molecule has 0 aromatic heterocycles. The van der Waals surface area contributed by atoms with E-state index in [1.807, 2.05) is 0 Å². The monoisotopic (exact) mass is 599 g/mol. The molecule has 18 heteroatoms. The Hall–Kier alpha value is -1.35. The van der Waals surface area contributed by atoms with E-state index < -0.39 is 60.0 Å². The fourth-order valence-corrected chi connectivity index (χ4v) is 5.67. The van der Waals surface area contributed by atoms with Crippen LogP contribution in [-0.2, 0) is 50.0 Å². The van der Waals surface area contributed by atoms with Crippen molar-refractivity contribution in [1.82, 2.24) is 0 Å². The molecule has 8 N–H and O–H groups in total. The summed E-state index contributed by atoms with van der Waals surface area (Å²) in [4.78, 5) is 57.1. The molecule has 1 saturated carbocycles. The molecule has 0 saturated heterocycles. The van der Waals surface area contributed by atoms with Crippen LogP contribution < -0.4 is 5.73 Å². The number of phosphoric ester groups is 3. The fraction of sp³-hybridized carbons (Fsp3) is 0.400. The van der Waals surface area contributed by atoms with Gasteiger partial charge in [0.1, 0.15) is 30.5 Å². The lowest BCUT2D eigenvalue weighted by atomic mass is 9.83. The van der Waals surface area contributed by atoms with Crippen molar-refractivity contribution in [2.75, 3.05) is 0 Å². The lowest BCUT2D eigenvalue weighted by molar-refractivity contribution is -0.213. The van der Waals surface area contributed by atoms with Gasteiger partial charge in [-0.1, -0.05) is 60.7 Å². The molecule has 0 spiro atoms. The molecule has 0 unspecified atom stereocenters. The highest BCUT2D eigenvalue weighted by atomic mass is 31.2. The van der Waals surface area contributed by atoms with Crippen LogP contribution in [0.5, 0.6) is 0 Å². The van der Waals surface area contributed by atoms with Crippen LogP contribution in [-0.4, -0.2) is 65.9 Å². The average Bonchev–Trinajstić information content (AvgIpc) is 2.80. The van der Waals surface area contributed by atoms with Crippen LogP contribution in [0.1, 0.15) is 11.1 Å². The number of benzene rings is 2. The second-order valence-corrected chi connectivity index (χ2v) is 11.9. The molecule has 0 radical (unpaired) electrons. The van der Waals surface area contributed by atoms with Crippen LogP contribution in [0.2, 0.25) is 0 Å². The maximum Gasteiger partial charge on any atom is 0.470 e. The molecule has 1 aliphatic rings. The van der Waals surface area contributed by atoms with Crippen LogP contribution in [0.3, 0.4) is 0 Å². The Labute approximate surface area is 217 Å². The van der Waals surface area contributed by atoms with Gasteiger partial charge in [0.15, 0.2) is 0 Å². The first-order chi connectivity index (χ1) is 17.6. The van der Waals surface area contributed by atoms with Gasteiger partial charge in [-0.15, -0.1) is 0 Å². The lowest BCUT2D eigenvalue weighted by Gasteiger charge is -2.48. The molecule has 3 rings (SSSR count). The summed E-state index contributed by atoms with van der Waals surface area (Å²) >= 11 is 0. The second-order valence-electron chi connectivity index (χ2n) is 8.28. The first kappa shape index (κ1) is 31.2. The van der Waals surface area contributed by atoms with Crippen molar-refractivity contribution in [2.45, 2.75) is 49.8 Å². The van der Waals surface area contributed by atoms with Crippen LogP contribution in [0.4, 0.5) is 0 Å².